The van der Waals surface area contributed by atoms with Crippen LogP contribution in [0.5, 0.6) is 0 Å². The van der Waals surface area contributed by atoms with Crippen LogP contribution in [0.1, 0.15) is 16.7 Å². The third kappa shape index (κ3) is 2.42. The zero-order chi connectivity index (χ0) is 15.0. The first-order valence-electron chi connectivity index (χ1n) is 6.96. The number of nitrogen functional groups attached to an aromatic ring is 1. The molecule has 0 aliphatic rings. The van der Waals surface area contributed by atoms with Crippen LogP contribution in [0.4, 0.5) is 5.88 Å². The van der Waals surface area contributed by atoms with Crippen molar-refractivity contribution in [1.29, 1.82) is 0 Å². The van der Waals surface area contributed by atoms with E-state index in [9.17, 15) is 0 Å². The number of aromatic nitrogens is 1. The SMILES string of the molecule is Cc1ccc(-c2noc(N)c2-c2ccc(C)c(C)c2)cc1. The van der Waals surface area contributed by atoms with Crippen molar-refractivity contribution in [3.05, 3.63) is 59.2 Å². The van der Waals surface area contributed by atoms with Crippen molar-refractivity contribution in [2.24, 2.45) is 0 Å². The third-order valence-corrected chi connectivity index (χ3v) is 3.84. The maximum Gasteiger partial charge on any atom is 0.230 e. The summed E-state index contributed by atoms with van der Waals surface area (Å²) in [5.74, 6) is 0.355. The Morgan fingerprint density at radius 3 is 2.19 bits per heavy atom. The molecule has 0 fully saturated rings. The van der Waals surface area contributed by atoms with Crippen LogP contribution >= 0.6 is 0 Å². The van der Waals surface area contributed by atoms with E-state index >= 15 is 0 Å². The molecule has 2 aromatic carbocycles. The molecule has 2 N–H and O–H groups in total. The van der Waals surface area contributed by atoms with E-state index in [1.165, 1.54) is 16.7 Å². The largest absolute Gasteiger partial charge is 0.367 e. The minimum absolute atomic E-state index is 0.355. The Labute approximate surface area is 124 Å². The molecule has 3 heteroatoms. The average Bonchev–Trinajstić information content (AvgIpc) is 2.85. The van der Waals surface area contributed by atoms with E-state index in [2.05, 4.69) is 56.3 Å². The number of nitrogens with two attached hydrogens (primary N) is 1. The highest BCUT2D eigenvalue weighted by atomic mass is 16.5. The van der Waals surface area contributed by atoms with E-state index < -0.39 is 0 Å². The highest BCUT2D eigenvalue weighted by molar-refractivity contribution is 5.87. The van der Waals surface area contributed by atoms with Crippen molar-refractivity contribution >= 4 is 5.88 Å². The van der Waals surface area contributed by atoms with Crippen LogP contribution in [-0.2, 0) is 0 Å². The predicted octanol–water partition coefficient (Wildman–Crippen LogP) is 4.52. The van der Waals surface area contributed by atoms with Crippen molar-refractivity contribution in [3.63, 3.8) is 0 Å². The standard InChI is InChI=1S/C18H18N2O/c1-11-4-7-14(8-5-11)17-16(18(19)21-20-17)15-9-6-12(2)13(3)10-15/h4-10H,19H2,1-3H3. The van der Waals surface area contributed by atoms with Gasteiger partial charge in [-0.05, 0) is 37.5 Å². The summed E-state index contributed by atoms with van der Waals surface area (Å²) in [5, 5.41) is 4.14. The molecule has 3 aromatic rings. The molecule has 0 radical (unpaired) electrons. The lowest BCUT2D eigenvalue weighted by Crippen LogP contribution is -1.90. The molecule has 0 saturated heterocycles. The smallest absolute Gasteiger partial charge is 0.230 e. The maximum absolute atomic E-state index is 6.00. The van der Waals surface area contributed by atoms with Crippen molar-refractivity contribution < 1.29 is 4.52 Å². The highest BCUT2D eigenvalue weighted by Gasteiger charge is 2.17. The number of hydrogen-bond acceptors (Lipinski definition) is 3. The summed E-state index contributed by atoms with van der Waals surface area (Å²) in [4.78, 5) is 0. The molecule has 106 valence electrons. The number of anilines is 1. The molecule has 0 amide bonds. The van der Waals surface area contributed by atoms with Gasteiger partial charge < -0.3 is 10.3 Å². The molecule has 1 aromatic heterocycles. The van der Waals surface area contributed by atoms with Gasteiger partial charge in [-0.1, -0.05) is 53.2 Å². The van der Waals surface area contributed by atoms with Gasteiger partial charge in [-0.2, -0.15) is 0 Å². The summed E-state index contributed by atoms with van der Waals surface area (Å²) >= 11 is 0. The Morgan fingerprint density at radius 1 is 0.857 bits per heavy atom. The normalized spacial score (nSPS) is 10.8. The summed E-state index contributed by atoms with van der Waals surface area (Å²) in [7, 11) is 0. The summed E-state index contributed by atoms with van der Waals surface area (Å²) in [6.07, 6.45) is 0. The van der Waals surface area contributed by atoms with Crippen molar-refractivity contribution in [1.82, 2.24) is 5.16 Å². The first-order valence-corrected chi connectivity index (χ1v) is 6.96. The molecular weight excluding hydrogens is 260 g/mol. The fourth-order valence-electron chi connectivity index (χ4n) is 2.39. The van der Waals surface area contributed by atoms with Crippen LogP contribution in [0.3, 0.4) is 0 Å². The topological polar surface area (TPSA) is 52.0 Å². The predicted molar refractivity (Wildman–Crippen MR) is 86.0 cm³/mol. The Bertz CT molecular complexity index is 785. The van der Waals surface area contributed by atoms with Crippen LogP contribution in [0.15, 0.2) is 47.0 Å². The van der Waals surface area contributed by atoms with E-state index in [1.807, 2.05) is 12.1 Å². The van der Waals surface area contributed by atoms with Gasteiger partial charge in [-0.15, -0.1) is 0 Å². The van der Waals surface area contributed by atoms with Gasteiger partial charge in [0, 0.05) is 5.56 Å². The van der Waals surface area contributed by atoms with Crippen molar-refractivity contribution in [2.45, 2.75) is 20.8 Å². The Hall–Kier alpha value is -2.55. The summed E-state index contributed by atoms with van der Waals surface area (Å²) in [6.45, 7) is 6.25. The molecule has 0 aliphatic heterocycles. The lowest BCUT2D eigenvalue weighted by atomic mass is 9.97. The second-order valence-electron chi connectivity index (χ2n) is 5.44. The average molecular weight is 278 g/mol. The van der Waals surface area contributed by atoms with Crippen LogP contribution in [0.2, 0.25) is 0 Å². The van der Waals surface area contributed by atoms with Gasteiger partial charge >= 0.3 is 0 Å². The van der Waals surface area contributed by atoms with Crippen LogP contribution < -0.4 is 5.73 Å². The van der Waals surface area contributed by atoms with E-state index in [4.69, 9.17) is 10.3 Å². The van der Waals surface area contributed by atoms with Crippen LogP contribution in [0.25, 0.3) is 22.4 Å². The minimum Gasteiger partial charge on any atom is -0.367 e. The second-order valence-corrected chi connectivity index (χ2v) is 5.44. The maximum atomic E-state index is 6.00. The zero-order valence-electron chi connectivity index (χ0n) is 12.5. The fraction of sp³-hybridized carbons (Fsp3) is 0.167. The molecule has 3 nitrogen and oxygen atoms in total. The van der Waals surface area contributed by atoms with Gasteiger partial charge in [0.05, 0.1) is 5.56 Å². The van der Waals surface area contributed by atoms with Gasteiger partial charge in [-0.3, -0.25) is 0 Å². The van der Waals surface area contributed by atoms with Crippen LogP contribution in [0, 0.1) is 20.8 Å². The lowest BCUT2D eigenvalue weighted by molar-refractivity contribution is 0.439. The number of nitrogens with zero attached hydrogens (tertiary/aromatic N) is 1. The van der Waals surface area contributed by atoms with Gasteiger partial charge in [-0.25, -0.2) is 0 Å². The summed E-state index contributed by atoms with van der Waals surface area (Å²) in [6, 6.07) is 14.5. The van der Waals surface area contributed by atoms with E-state index in [0.29, 0.717) is 5.88 Å². The Balaban J connectivity index is 2.16. The van der Waals surface area contributed by atoms with Gasteiger partial charge in [0.2, 0.25) is 5.88 Å². The first-order chi connectivity index (χ1) is 10.1. The van der Waals surface area contributed by atoms with Gasteiger partial charge in [0.15, 0.2) is 0 Å². The molecule has 0 saturated carbocycles. The molecule has 0 bridgehead atoms. The Morgan fingerprint density at radius 2 is 1.52 bits per heavy atom. The lowest BCUT2D eigenvalue weighted by Gasteiger charge is -2.06. The minimum atomic E-state index is 0.355. The molecule has 0 spiro atoms. The second kappa shape index (κ2) is 5.09. The molecular formula is C18H18N2O. The summed E-state index contributed by atoms with van der Waals surface area (Å²) < 4.78 is 5.23. The van der Waals surface area contributed by atoms with Crippen LogP contribution in [-0.4, -0.2) is 5.16 Å². The first kappa shape index (κ1) is 13.4. The van der Waals surface area contributed by atoms with Gasteiger partial charge in [0.25, 0.3) is 0 Å². The quantitative estimate of drug-likeness (QED) is 0.750. The van der Waals surface area contributed by atoms with E-state index in [1.54, 1.807) is 0 Å². The molecule has 0 aliphatic carbocycles. The Kier molecular flexibility index (Phi) is 3.26. The van der Waals surface area contributed by atoms with Crippen molar-refractivity contribution in [3.8, 4) is 22.4 Å². The molecule has 1 heterocycles. The summed E-state index contributed by atoms with van der Waals surface area (Å²) in [5.41, 5.74) is 13.4. The number of rotatable bonds is 2. The molecule has 0 unspecified atom stereocenters. The van der Waals surface area contributed by atoms with E-state index in [0.717, 1.165) is 22.4 Å². The number of hydrogen-bond donors (Lipinski definition) is 1. The van der Waals surface area contributed by atoms with E-state index in [-0.39, 0.29) is 0 Å². The fourth-order valence-corrected chi connectivity index (χ4v) is 2.39. The number of benzene rings is 2. The molecule has 3 rings (SSSR count). The molecule has 21 heavy (non-hydrogen) atoms. The molecule has 0 atom stereocenters. The third-order valence-electron chi connectivity index (χ3n) is 3.84. The van der Waals surface area contributed by atoms with Crippen molar-refractivity contribution in [2.75, 3.05) is 5.73 Å². The highest BCUT2D eigenvalue weighted by Crippen LogP contribution is 2.36. The van der Waals surface area contributed by atoms with Gasteiger partial charge in [0.1, 0.15) is 5.69 Å². The monoisotopic (exact) mass is 278 g/mol. The number of aryl methyl sites for hydroxylation is 3. The zero-order valence-corrected chi connectivity index (χ0v) is 12.5.